The van der Waals surface area contributed by atoms with Gasteiger partial charge >= 0.3 is 0 Å². The van der Waals surface area contributed by atoms with Crippen LogP contribution in [-0.2, 0) is 0 Å². The van der Waals surface area contributed by atoms with E-state index in [0.717, 1.165) is 5.56 Å². The molecule has 0 saturated carbocycles. The van der Waals surface area contributed by atoms with Crippen LogP contribution in [0.2, 0.25) is 9.36 Å². The lowest BCUT2D eigenvalue weighted by molar-refractivity contribution is -0.384. The van der Waals surface area contributed by atoms with Gasteiger partial charge in [0.05, 0.1) is 20.0 Å². The first-order chi connectivity index (χ1) is 8.97. The molecule has 19 heavy (non-hydrogen) atoms. The molecule has 0 aliphatic carbocycles. The van der Waals surface area contributed by atoms with Gasteiger partial charge in [-0.15, -0.1) is 11.3 Å². The number of nitro groups is 1. The van der Waals surface area contributed by atoms with Crippen molar-refractivity contribution >= 4 is 45.9 Å². The van der Waals surface area contributed by atoms with E-state index in [9.17, 15) is 10.1 Å². The number of nitro benzene ring substituents is 1. The van der Waals surface area contributed by atoms with E-state index in [0.29, 0.717) is 15.0 Å². The van der Waals surface area contributed by atoms with Crippen molar-refractivity contribution in [1.29, 1.82) is 0 Å². The van der Waals surface area contributed by atoms with Crippen molar-refractivity contribution in [2.24, 2.45) is 0 Å². The molecule has 1 aromatic heterocycles. The molecule has 0 amide bonds. The van der Waals surface area contributed by atoms with Crippen molar-refractivity contribution in [3.63, 3.8) is 0 Å². The molecule has 7 heteroatoms. The van der Waals surface area contributed by atoms with Gasteiger partial charge in [-0.3, -0.25) is 10.1 Å². The lowest BCUT2D eigenvalue weighted by Crippen LogP contribution is -2.06. The van der Waals surface area contributed by atoms with E-state index in [1.165, 1.54) is 29.5 Å². The number of rotatable bonds is 4. The standard InChI is InChI=1S/C12H10Cl2N2O2S/c1-7(8-4-12(14)19-6-8)15-11-5-9(16(17)18)2-3-10(11)13/h2-7,15H,1H3. The van der Waals surface area contributed by atoms with Crippen LogP contribution in [0.4, 0.5) is 11.4 Å². The molecule has 4 nitrogen and oxygen atoms in total. The van der Waals surface area contributed by atoms with E-state index in [2.05, 4.69) is 5.32 Å². The Kier molecular flexibility index (Phi) is 4.29. The third kappa shape index (κ3) is 3.37. The molecule has 0 aliphatic heterocycles. The molecular weight excluding hydrogens is 307 g/mol. The molecular formula is C12H10Cl2N2O2S. The van der Waals surface area contributed by atoms with Gasteiger partial charge in [0, 0.05) is 18.2 Å². The van der Waals surface area contributed by atoms with E-state index in [1.807, 2.05) is 18.4 Å². The number of hydrogen-bond donors (Lipinski definition) is 1. The normalized spacial score (nSPS) is 12.2. The second-order valence-corrected chi connectivity index (χ2v) is 5.92. The van der Waals surface area contributed by atoms with Crippen LogP contribution in [0.5, 0.6) is 0 Å². The molecule has 0 spiro atoms. The summed E-state index contributed by atoms with van der Waals surface area (Å²) in [5.41, 5.74) is 1.55. The molecule has 0 radical (unpaired) electrons. The van der Waals surface area contributed by atoms with Gasteiger partial charge in [0.25, 0.3) is 5.69 Å². The van der Waals surface area contributed by atoms with Crippen molar-refractivity contribution in [2.45, 2.75) is 13.0 Å². The Bertz CT molecular complexity index is 616. The molecule has 0 saturated heterocycles. The summed E-state index contributed by atoms with van der Waals surface area (Å²) >= 11 is 13.3. The SMILES string of the molecule is CC(Nc1cc([N+](=O)[O-])ccc1Cl)c1csc(Cl)c1. The van der Waals surface area contributed by atoms with Crippen LogP contribution in [0.3, 0.4) is 0 Å². The lowest BCUT2D eigenvalue weighted by atomic mass is 10.1. The number of thiophene rings is 1. The van der Waals surface area contributed by atoms with Gasteiger partial charge in [-0.25, -0.2) is 0 Å². The second kappa shape index (κ2) is 5.77. The Balaban J connectivity index is 2.22. The molecule has 0 fully saturated rings. The summed E-state index contributed by atoms with van der Waals surface area (Å²) in [6.45, 7) is 1.94. The Morgan fingerprint density at radius 1 is 1.37 bits per heavy atom. The summed E-state index contributed by atoms with van der Waals surface area (Å²) in [6, 6.07) is 6.12. The number of anilines is 1. The average molecular weight is 317 g/mol. The highest BCUT2D eigenvalue weighted by Gasteiger charge is 2.13. The number of halogens is 2. The van der Waals surface area contributed by atoms with Gasteiger partial charge in [-0.1, -0.05) is 23.2 Å². The van der Waals surface area contributed by atoms with E-state index in [-0.39, 0.29) is 11.7 Å². The number of non-ortho nitro benzene ring substituents is 1. The molecule has 0 bridgehead atoms. The quantitative estimate of drug-likeness (QED) is 0.628. The first-order valence-corrected chi connectivity index (χ1v) is 7.05. The van der Waals surface area contributed by atoms with Crippen LogP contribution in [0.1, 0.15) is 18.5 Å². The highest BCUT2D eigenvalue weighted by Crippen LogP contribution is 2.31. The zero-order valence-corrected chi connectivity index (χ0v) is 12.2. The van der Waals surface area contributed by atoms with Crippen molar-refractivity contribution in [1.82, 2.24) is 0 Å². The number of nitrogens with zero attached hydrogens (tertiary/aromatic N) is 1. The molecule has 1 aromatic carbocycles. The zero-order chi connectivity index (χ0) is 14.0. The number of hydrogen-bond acceptors (Lipinski definition) is 4. The largest absolute Gasteiger partial charge is 0.377 e. The summed E-state index contributed by atoms with van der Waals surface area (Å²) in [5.74, 6) is 0. The Labute approximate surface area is 124 Å². The third-order valence-corrected chi connectivity index (χ3v) is 4.06. The first-order valence-electron chi connectivity index (χ1n) is 5.42. The fourth-order valence-electron chi connectivity index (χ4n) is 1.60. The molecule has 2 rings (SSSR count). The second-order valence-electron chi connectivity index (χ2n) is 3.97. The molecule has 0 aliphatic rings. The zero-order valence-electron chi connectivity index (χ0n) is 9.89. The predicted octanol–water partition coefficient (Wildman–Crippen LogP) is 5.14. The van der Waals surface area contributed by atoms with Crippen LogP contribution in [-0.4, -0.2) is 4.92 Å². The minimum absolute atomic E-state index is 0.00227. The maximum atomic E-state index is 10.7. The van der Waals surface area contributed by atoms with Gasteiger partial charge in [0.2, 0.25) is 0 Å². The Morgan fingerprint density at radius 3 is 2.68 bits per heavy atom. The minimum atomic E-state index is -0.451. The van der Waals surface area contributed by atoms with Crippen LogP contribution in [0.15, 0.2) is 29.6 Å². The fraction of sp³-hybridized carbons (Fsp3) is 0.167. The summed E-state index contributed by atoms with van der Waals surface area (Å²) in [6.07, 6.45) is 0. The maximum Gasteiger partial charge on any atom is 0.271 e. The van der Waals surface area contributed by atoms with Crippen molar-refractivity contribution in [2.75, 3.05) is 5.32 Å². The molecule has 2 aromatic rings. The van der Waals surface area contributed by atoms with E-state index in [4.69, 9.17) is 23.2 Å². The van der Waals surface area contributed by atoms with Gasteiger partial charge in [0.15, 0.2) is 0 Å². The smallest absolute Gasteiger partial charge is 0.271 e. The number of nitrogens with one attached hydrogen (secondary N) is 1. The lowest BCUT2D eigenvalue weighted by Gasteiger charge is -2.15. The van der Waals surface area contributed by atoms with Crippen LogP contribution >= 0.6 is 34.5 Å². The molecule has 1 N–H and O–H groups in total. The van der Waals surface area contributed by atoms with E-state index in [1.54, 1.807) is 0 Å². The Hall–Kier alpha value is -1.30. The van der Waals surface area contributed by atoms with E-state index < -0.39 is 4.92 Å². The highest BCUT2D eigenvalue weighted by atomic mass is 35.5. The van der Waals surface area contributed by atoms with Gasteiger partial charge in [-0.2, -0.15) is 0 Å². The summed E-state index contributed by atoms with van der Waals surface area (Å²) in [4.78, 5) is 10.3. The Morgan fingerprint density at radius 2 is 2.11 bits per heavy atom. The first kappa shape index (κ1) is 14.1. The van der Waals surface area contributed by atoms with E-state index >= 15 is 0 Å². The predicted molar refractivity (Wildman–Crippen MR) is 79.5 cm³/mol. The molecule has 1 heterocycles. The van der Waals surface area contributed by atoms with Crippen LogP contribution < -0.4 is 5.32 Å². The molecule has 1 atom stereocenters. The fourth-order valence-corrected chi connectivity index (χ4v) is 2.76. The van der Waals surface area contributed by atoms with Crippen molar-refractivity contribution in [3.8, 4) is 0 Å². The highest BCUT2D eigenvalue weighted by molar-refractivity contribution is 7.14. The van der Waals surface area contributed by atoms with Crippen molar-refractivity contribution < 1.29 is 4.92 Å². The summed E-state index contributed by atoms with van der Waals surface area (Å²) in [7, 11) is 0. The number of benzene rings is 1. The monoisotopic (exact) mass is 316 g/mol. The molecule has 1 unspecified atom stereocenters. The molecule has 100 valence electrons. The van der Waals surface area contributed by atoms with Gasteiger partial charge < -0.3 is 5.32 Å². The minimum Gasteiger partial charge on any atom is -0.377 e. The summed E-state index contributed by atoms with van der Waals surface area (Å²) < 4.78 is 0.703. The maximum absolute atomic E-state index is 10.7. The summed E-state index contributed by atoms with van der Waals surface area (Å²) in [5, 5.41) is 16.3. The van der Waals surface area contributed by atoms with Gasteiger partial charge in [-0.05, 0) is 30.0 Å². The topological polar surface area (TPSA) is 55.2 Å². The van der Waals surface area contributed by atoms with Crippen molar-refractivity contribution in [3.05, 3.63) is 54.7 Å². The third-order valence-electron chi connectivity index (χ3n) is 2.62. The van der Waals surface area contributed by atoms with Crippen LogP contribution in [0.25, 0.3) is 0 Å². The van der Waals surface area contributed by atoms with Crippen LogP contribution in [0, 0.1) is 10.1 Å². The average Bonchev–Trinajstić information content (AvgIpc) is 2.78. The van der Waals surface area contributed by atoms with Gasteiger partial charge in [0.1, 0.15) is 0 Å².